The first-order valence-corrected chi connectivity index (χ1v) is 8.83. The van der Waals surface area contributed by atoms with Crippen LogP contribution < -0.4 is 0 Å². The van der Waals surface area contributed by atoms with Gasteiger partial charge in [-0.1, -0.05) is 0 Å². The monoisotopic (exact) mass is 278 g/mol. The molecule has 0 aromatic carbocycles. The Morgan fingerprint density at radius 3 is 0.950 bits per heavy atom. The van der Waals surface area contributed by atoms with Gasteiger partial charge in [-0.15, -0.1) is 0 Å². The van der Waals surface area contributed by atoms with E-state index in [0.29, 0.717) is 0 Å². The van der Waals surface area contributed by atoms with Crippen LogP contribution in [0.1, 0.15) is 25.7 Å². The van der Waals surface area contributed by atoms with Crippen LogP contribution in [0.15, 0.2) is 0 Å². The summed E-state index contributed by atoms with van der Waals surface area (Å²) in [6, 6.07) is 1.93. The Balaban J connectivity index is 1.74. The molecular formula is C18H34N2+2. The largest absolute Gasteiger partial charge is 0.328 e. The van der Waals surface area contributed by atoms with E-state index in [1.807, 2.05) is 0 Å². The first-order valence-electron chi connectivity index (χ1n) is 8.83. The normalized spacial score (nSPS) is 53.7. The van der Waals surface area contributed by atoms with Gasteiger partial charge in [0.05, 0.1) is 54.4 Å². The van der Waals surface area contributed by atoms with Crippen LogP contribution >= 0.6 is 0 Å². The molecule has 4 fully saturated rings. The fourth-order valence-electron chi connectivity index (χ4n) is 7.84. The zero-order chi connectivity index (χ0) is 14.4. The predicted octanol–water partition coefficient (Wildman–Crippen LogP) is 2.45. The Morgan fingerprint density at radius 1 is 0.500 bits per heavy atom. The van der Waals surface area contributed by atoms with Crippen molar-refractivity contribution in [2.24, 2.45) is 35.5 Å². The number of rotatable bonds is 2. The third-order valence-electron chi connectivity index (χ3n) is 7.63. The van der Waals surface area contributed by atoms with Gasteiger partial charge >= 0.3 is 0 Å². The molecule has 0 amide bonds. The molecule has 0 aromatic heterocycles. The molecule has 20 heavy (non-hydrogen) atoms. The molecule has 4 unspecified atom stereocenters. The average molecular weight is 278 g/mol. The smallest absolute Gasteiger partial charge is 0.0946 e. The molecule has 0 saturated heterocycles. The second-order valence-electron chi connectivity index (χ2n) is 10.2. The molecule has 114 valence electrons. The van der Waals surface area contributed by atoms with E-state index in [1.54, 1.807) is 0 Å². The maximum Gasteiger partial charge on any atom is 0.0946 e. The minimum Gasteiger partial charge on any atom is -0.328 e. The topological polar surface area (TPSA) is 0 Å². The van der Waals surface area contributed by atoms with E-state index >= 15 is 0 Å². The second-order valence-corrected chi connectivity index (χ2v) is 10.2. The highest BCUT2D eigenvalue weighted by atomic mass is 15.3. The quantitative estimate of drug-likeness (QED) is 0.681. The molecule has 2 heteroatoms. The third kappa shape index (κ3) is 1.53. The van der Waals surface area contributed by atoms with Gasteiger partial charge in [0.15, 0.2) is 0 Å². The van der Waals surface area contributed by atoms with Gasteiger partial charge in [0.1, 0.15) is 0 Å². The minimum atomic E-state index is 0.966. The lowest BCUT2D eigenvalue weighted by molar-refractivity contribution is -0.905. The van der Waals surface area contributed by atoms with Crippen LogP contribution in [0.25, 0.3) is 0 Å². The summed E-state index contributed by atoms with van der Waals surface area (Å²) in [6.45, 7) is 0. The molecule has 0 heterocycles. The van der Waals surface area contributed by atoms with Crippen LogP contribution in [0.3, 0.4) is 0 Å². The van der Waals surface area contributed by atoms with E-state index in [9.17, 15) is 0 Å². The summed E-state index contributed by atoms with van der Waals surface area (Å²) in [5.74, 6) is 6.39. The first-order chi connectivity index (χ1) is 9.21. The summed E-state index contributed by atoms with van der Waals surface area (Å²) in [5.41, 5.74) is 0. The fraction of sp³-hybridized carbons (Fsp3) is 1.00. The van der Waals surface area contributed by atoms with E-state index in [-0.39, 0.29) is 0 Å². The Labute approximate surface area is 125 Å². The fourth-order valence-corrected chi connectivity index (χ4v) is 7.84. The standard InChI is InChI=1S/C18H34N2/c1-19(2,3)17-11-7-9-13-15(11)16-12(17)8-10-14(16)18(13)20(4,5)6/h11-18H,7-10H2,1-6H3/q+2/t11-,12-,13-,14+,15?,16?,17?,18?/m0/s1. The van der Waals surface area contributed by atoms with E-state index < -0.39 is 0 Å². The van der Waals surface area contributed by atoms with Crippen LogP contribution in [0.5, 0.6) is 0 Å². The van der Waals surface area contributed by atoms with E-state index in [0.717, 1.165) is 47.6 Å². The average Bonchev–Trinajstić information content (AvgIpc) is 2.92. The molecule has 0 aliphatic heterocycles. The molecule has 0 N–H and O–H groups in total. The molecule has 4 saturated carbocycles. The maximum atomic E-state index is 2.46. The Bertz CT molecular complexity index is 352. The molecule has 0 bridgehead atoms. The van der Waals surface area contributed by atoms with Crippen LogP contribution in [-0.4, -0.2) is 63.3 Å². The van der Waals surface area contributed by atoms with Crippen molar-refractivity contribution >= 4 is 0 Å². The maximum absolute atomic E-state index is 2.46. The summed E-state index contributed by atoms with van der Waals surface area (Å²) in [4.78, 5) is 0. The van der Waals surface area contributed by atoms with Crippen LogP contribution in [0, 0.1) is 35.5 Å². The van der Waals surface area contributed by atoms with Gasteiger partial charge in [0.2, 0.25) is 0 Å². The van der Waals surface area contributed by atoms with Crippen molar-refractivity contribution in [3.8, 4) is 0 Å². The molecule has 0 aromatic rings. The van der Waals surface area contributed by atoms with Gasteiger partial charge in [0, 0.05) is 23.7 Å². The molecule has 4 rings (SSSR count). The molecule has 4 aliphatic carbocycles. The van der Waals surface area contributed by atoms with Crippen molar-refractivity contribution in [1.29, 1.82) is 0 Å². The Kier molecular flexibility index (Phi) is 2.59. The molecule has 0 radical (unpaired) electrons. The molecule has 8 atom stereocenters. The van der Waals surface area contributed by atoms with Crippen molar-refractivity contribution < 1.29 is 8.97 Å². The van der Waals surface area contributed by atoms with Crippen molar-refractivity contribution in [3.05, 3.63) is 0 Å². The summed E-state index contributed by atoms with van der Waals surface area (Å²) < 4.78 is 2.44. The third-order valence-corrected chi connectivity index (χ3v) is 7.63. The van der Waals surface area contributed by atoms with Crippen molar-refractivity contribution in [2.45, 2.75) is 37.8 Å². The highest BCUT2D eigenvalue weighted by Crippen LogP contribution is 2.69. The highest BCUT2D eigenvalue weighted by Gasteiger charge is 2.72. The molecule has 2 nitrogen and oxygen atoms in total. The zero-order valence-electron chi connectivity index (χ0n) is 14.3. The highest BCUT2D eigenvalue weighted by molar-refractivity contribution is 5.16. The molecular weight excluding hydrogens is 244 g/mol. The predicted molar refractivity (Wildman–Crippen MR) is 83.0 cm³/mol. The summed E-state index contributed by atoms with van der Waals surface area (Å²) in [6.07, 6.45) is 6.13. The van der Waals surface area contributed by atoms with Crippen molar-refractivity contribution in [2.75, 3.05) is 42.3 Å². The van der Waals surface area contributed by atoms with E-state index in [1.165, 1.54) is 34.6 Å². The van der Waals surface area contributed by atoms with Crippen LogP contribution in [-0.2, 0) is 0 Å². The summed E-state index contributed by atoms with van der Waals surface area (Å²) in [5, 5.41) is 0. The lowest BCUT2D eigenvalue weighted by atomic mass is 9.90. The molecule has 0 spiro atoms. The number of hydrogen-bond acceptors (Lipinski definition) is 0. The Morgan fingerprint density at radius 2 is 0.750 bits per heavy atom. The molecule has 4 aliphatic rings. The lowest BCUT2D eigenvalue weighted by Gasteiger charge is -2.39. The van der Waals surface area contributed by atoms with Gasteiger partial charge < -0.3 is 8.97 Å². The summed E-state index contributed by atoms with van der Waals surface area (Å²) >= 11 is 0. The van der Waals surface area contributed by atoms with E-state index in [2.05, 4.69) is 42.3 Å². The number of quaternary nitrogens is 2. The second kappa shape index (κ2) is 3.81. The van der Waals surface area contributed by atoms with Gasteiger partial charge in [-0.3, -0.25) is 0 Å². The summed E-state index contributed by atoms with van der Waals surface area (Å²) in [7, 11) is 14.8. The lowest BCUT2D eigenvalue weighted by Crippen LogP contribution is -2.52. The van der Waals surface area contributed by atoms with Crippen LogP contribution in [0.4, 0.5) is 0 Å². The Hall–Kier alpha value is -0.0800. The number of nitrogens with zero attached hydrogens (tertiary/aromatic N) is 2. The van der Waals surface area contributed by atoms with Crippen molar-refractivity contribution in [1.82, 2.24) is 0 Å². The van der Waals surface area contributed by atoms with Gasteiger partial charge in [0.25, 0.3) is 0 Å². The SMILES string of the molecule is C[N+](C)(C)C1[C@@H]2CC[C@H]3C2C2[C@@H]1CC[C@@H]2C3[N+](C)(C)C. The van der Waals surface area contributed by atoms with Gasteiger partial charge in [-0.25, -0.2) is 0 Å². The van der Waals surface area contributed by atoms with Gasteiger partial charge in [-0.05, 0) is 37.5 Å². The zero-order valence-corrected chi connectivity index (χ0v) is 14.3. The van der Waals surface area contributed by atoms with Crippen LogP contribution in [0.2, 0.25) is 0 Å². The minimum absolute atomic E-state index is 0.966. The number of hydrogen-bond donors (Lipinski definition) is 0. The van der Waals surface area contributed by atoms with E-state index in [4.69, 9.17) is 0 Å². The first kappa shape index (κ1) is 13.6. The van der Waals surface area contributed by atoms with Crippen molar-refractivity contribution in [3.63, 3.8) is 0 Å². The van der Waals surface area contributed by atoms with Gasteiger partial charge in [-0.2, -0.15) is 0 Å².